The molecule has 0 saturated carbocycles. The molecule has 0 atom stereocenters. The van der Waals surface area contributed by atoms with Crippen molar-refractivity contribution in [3.63, 3.8) is 0 Å². The summed E-state index contributed by atoms with van der Waals surface area (Å²) in [7, 11) is 1.86. The van der Waals surface area contributed by atoms with Gasteiger partial charge in [-0.2, -0.15) is 0 Å². The van der Waals surface area contributed by atoms with Gasteiger partial charge in [-0.1, -0.05) is 30.3 Å². The summed E-state index contributed by atoms with van der Waals surface area (Å²) < 4.78 is 0. The molecular formula is C14H22N2. The number of hydrogen-bond acceptors (Lipinski definition) is 1. The van der Waals surface area contributed by atoms with Gasteiger partial charge in [0.15, 0.2) is 0 Å². The number of aliphatic imine (C=N–C) groups is 1. The Balaban J connectivity index is 3.07. The molecule has 0 spiro atoms. The molecule has 1 aromatic carbocycles. The largest absolute Gasteiger partial charge is 0.352 e. The molecule has 0 N–H and O–H groups in total. The maximum atomic E-state index is 4.44. The van der Waals surface area contributed by atoms with Crippen LogP contribution in [0.15, 0.2) is 35.3 Å². The Morgan fingerprint density at radius 3 is 1.88 bits per heavy atom. The van der Waals surface area contributed by atoms with Gasteiger partial charge in [-0.15, -0.1) is 0 Å². The first-order chi connectivity index (χ1) is 7.57. The van der Waals surface area contributed by atoms with E-state index in [2.05, 4.69) is 61.9 Å². The van der Waals surface area contributed by atoms with E-state index in [4.69, 9.17) is 0 Å². The molecule has 0 radical (unpaired) electrons. The summed E-state index contributed by atoms with van der Waals surface area (Å²) >= 11 is 0. The van der Waals surface area contributed by atoms with Crippen LogP contribution >= 0.6 is 0 Å². The lowest BCUT2D eigenvalue weighted by Gasteiger charge is -2.34. The third kappa shape index (κ3) is 2.84. The molecule has 0 aliphatic carbocycles. The SMILES string of the molecule is C/N=C(\c1ccccc1)N(C(C)C)C(C)C. The lowest BCUT2D eigenvalue weighted by molar-refractivity contribution is 0.292. The van der Waals surface area contributed by atoms with E-state index in [1.165, 1.54) is 5.56 Å². The van der Waals surface area contributed by atoms with Gasteiger partial charge in [-0.05, 0) is 27.7 Å². The van der Waals surface area contributed by atoms with E-state index < -0.39 is 0 Å². The normalized spacial score (nSPS) is 12.3. The third-order valence-electron chi connectivity index (χ3n) is 2.60. The van der Waals surface area contributed by atoms with Crippen molar-refractivity contribution in [2.75, 3.05) is 7.05 Å². The highest BCUT2D eigenvalue weighted by molar-refractivity contribution is 5.99. The molecule has 0 amide bonds. The van der Waals surface area contributed by atoms with Crippen LogP contribution in [-0.2, 0) is 0 Å². The van der Waals surface area contributed by atoms with E-state index in [9.17, 15) is 0 Å². The average molecular weight is 218 g/mol. The molecule has 0 bridgehead atoms. The van der Waals surface area contributed by atoms with Crippen molar-refractivity contribution in [1.82, 2.24) is 4.90 Å². The van der Waals surface area contributed by atoms with Gasteiger partial charge in [0.05, 0.1) is 0 Å². The first-order valence-electron chi connectivity index (χ1n) is 5.88. The Morgan fingerprint density at radius 2 is 1.50 bits per heavy atom. The third-order valence-corrected chi connectivity index (χ3v) is 2.60. The minimum Gasteiger partial charge on any atom is -0.352 e. The quantitative estimate of drug-likeness (QED) is 0.562. The van der Waals surface area contributed by atoms with Gasteiger partial charge >= 0.3 is 0 Å². The fourth-order valence-corrected chi connectivity index (χ4v) is 2.07. The maximum Gasteiger partial charge on any atom is 0.131 e. The van der Waals surface area contributed by atoms with Crippen LogP contribution in [0.3, 0.4) is 0 Å². The van der Waals surface area contributed by atoms with Crippen molar-refractivity contribution in [2.24, 2.45) is 4.99 Å². The second-order valence-electron chi connectivity index (χ2n) is 4.51. The van der Waals surface area contributed by atoms with Gasteiger partial charge in [0.25, 0.3) is 0 Å². The van der Waals surface area contributed by atoms with Crippen LogP contribution in [0.5, 0.6) is 0 Å². The maximum absolute atomic E-state index is 4.44. The molecule has 0 fully saturated rings. The van der Waals surface area contributed by atoms with Crippen molar-refractivity contribution < 1.29 is 0 Å². The lowest BCUT2D eigenvalue weighted by atomic mass is 10.1. The number of hydrogen-bond donors (Lipinski definition) is 0. The summed E-state index contributed by atoms with van der Waals surface area (Å²) in [5.41, 5.74) is 1.19. The zero-order valence-electron chi connectivity index (χ0n) is 10.9. The van der Waals surface area contributed by atoms with Crippen LogP contribution in [0, 0.1) is 0 Å². The van der Waals surface area contributed by atoms with E-state index in [1.54, 1.807) is 0 Å². The van der Waals surface area contributed by atoms with Crippen LogP contribution in [0.1, 0.15) is 33.3 Å². The van der Waals surface area contributed by atoms with Gasteiger partial charge in [0.2, 0.25) is 0 Å². The van der Waals surface area contributed by atoms with E-state index in [-0.39, 0.29) is 0 Å². The van der Waals surface area contributed by atoms with Crippen molar-refractivity contribution in [1.29, 1.82) is 0 Å². The van der Waals surface area contributed by atoms with Gasteiger partial charge in [-0.3, -0.25) is 4.99 Å². The Hall–Kier alpha value is -1.31. The molecule has 2 nitrogen and oxygen atoms in total. The van der Waals surface area contributed by atoms with Crippen LogP contribution in [0.4, 0.5) is 0 Å². The molecule has 0 heterocycles. The van der Waals surface area contributed by atoms with Gasteiger partial charge in [0, 0.05) is 24.7 Å². The molecule has 16 heavy (non-hydrogen) atoms. The van der Waals surface area contributed by atoms with E-state index >= 15 is 0 Å². The van der Waals surface area contributed by atoms with Gasteiger partial charge < -0.3 is 4.90 Å². The molecule has 2 heteroatoms. The minimum absolute atomic E-state index is 0.457. The first kappa shape index (κ1) is 12.8. The Labute approximate surface area is 99.0 Å². The molecule has 0 aliphatic rings. The van der Waals surface area contributed by atoms with Crippen molar-refractivity contribution in [3.8, 4) is 0 Å². The molecule has 0 unspecified atom stereocenters. The first-order valence-corrected chi connectivity index (χ1v) is 5.88. The van der Waals surface area contributed by atoms with Crippen molar-refractivity contribution >= 4 is 5.84 Å². The zero-order valence-corrected chi connectivity index (χ0v) is 10.9. The van der Waals surface area contributed by atoms with Crippen LogP contribution in [-0.4, -0.2) is 29.9 Å². The highest BCUT2D eigenvalue weighted by atomic mass is 15.2. The Bertz CT molecular complexity index is 331. The van der Waals surface area contributed by atoms with Crippen molar-refractivity contribution in [3.05, 3.63) is 35.9 Å². The summed E-state index contributed by atoms with van der Waals surface area (Å²) in [6.07, 6.45) is 0. The van der Waals surface area contributed by atoms with Crippen LogP contribution < -0.4 is 0 Å². The average Bonchev–Trinajstić information content (AvgIpc) is 2.25. The summed E-state index contributed by atoms with van der Waals surface area (Å²) in [5.74, 6) is 1.07. The number of amidine groups is 1. The number of rotatable bonds is 3. The van der Waals surface area contributed by atoms with Gasteiger partial charge in [0.1, 0.15) is 5.84 Å². The second kappa shape index (κ2) is 5.69. The summed E-state index contributed by atoms with van der Waals surface area (Å²) in [4.78, 5) is 6.79. The van der Waals surface area contributed by atoms with Crippen LogP contribution in [0.2, 0.25) is 0 Å². The number of nitrogens with zero attached hydrogens (tertiary/aromatic N) is 2. The van der Waals surface area contributed by atoms with Gasteiger partial charge in [-0.25, -0.2) is 0 Å². The monoisotopic (exact) mass is 218 g/mol. The van der Waals surface area contributed by atoms with E-state index in [1.807, 2.05) is 13.1 Å². The smallest absolute Gasteiger partial charge is 0.131 e. The predicted molar refractivity (Wildman–Crippen MR) is 71.0 cm³/mol. The summed E-state index contributed by atoms with van der Waals surface area (Å²) in [6, 6.07) is 11.3. The zero-order chi connectivity index (χ0) is 12.1. The molecule has 0 aliphatic heterocycles. The van der Waals surface area contributed by atoms with Crippen LogP contribution in [0.25, 0.3) is 0 Å². The standard InChI is InChI=1S/C14H22N2/c1-11(2)16(12(3)4)14(15-5)13-9-7-6-8-10-13/h6-12H,1-5H3/b15-14+. The molecular weight excluding hydrogens is 196 g/mol. The second-order valence-corrected chi connectivity index (χ2v) is 4.51. The Morgan fingerprint density at radius 1 is 1.00 bits per heavy atom. The molecule has 0 saturated heterocycles. The van der Waals surface area contributed by atoms with Crippen molar-refractivity contribution in [2.45, 2.75) is 39.8 Å². The van der Waals surface area contributed by atoms with E-state index in [0.29, 0.717) is 12.1 Å². The topological polar surface area (TPSA) is 15.6 Å². The molecule has 0 aromatic heterocycles. The highest BCUT2D eigenvalue weighted by Gasteiger charge is 2.18. The predicted octanol–water partition coefficient (Wildman–Crippen LogP) is 3.18. The highest BCUT2D eigenvalue weighted by Crippen LogP contribution is 2.13. The van der Waals surface area contributed by atoms with E-state index in [0.717, 1.165) is 5.84 Å². The fraction of sp³-hybridized carbons (Fsp3) is 0.500. The lowest BCUT2D eigenvalue weighted by Crippen LogP contribution is -2.42. The molecule has 88 valence electrons. The number of benzene rings is 1. The fourth-order valence-electron chi connectivity index (χ4n) is 2.07. The molecule has 1 rings (SSSR count). The summed E-state index contributed by atoms with van der Waals surface area (Å²) in [6.45, 7) is 8.81. The summed E-state index contributed by atoms with van der Waals surface area (Å²) in [5, 5.41) is 0. The molecule has 1 aromatic rings. The minimum atomic E-state index is 0.457. The Kier molecular flexibility index (Phi) is 4.53.